The number of amides is 2. The molecule has 2 aromatic carbocycles. The first-order valence-corrected chi connectivity index (χ1v) is 11.1. The van der Waals surface area contributed by atoms with E-state index < -0.39 is 26.1 Å². The highest BCUT2D eigenvalue weighted by Gasteiger charge is 2.13. The SMILES string of the molecule is COc1ccc(NC(=O)NCCS(=O)(=O)Nc2ccc(S(N)(=O)=O)cc2)cc1. The van der Waals surface area contributed by atoms with E-state index in [1.165, 1.54) is 31.4 Å². The summed E-state index contributed by atoms with van der Waals surface area (Å²) in [6, 6.07) is 11.0. The number of ether oxygens (including phenoxy) is 1. The first kappa shape index (κ1) is 21.5. The van der Waals surface area contributed by atoms with E-state index in [1.54, 1.807) is 24.3 Å². The number of carbonyl (C=O) groups is 1. The summed E-state index contributed by atoms with van der Waals surface area (Å²) in [7, 11) is -6.08. The number of urea groups is 1. The number of sulfonamides is 2. The third-order valence-electron chi connectivity index (χ3n) is 3.46. The van der Waals surface area contributed by atoms with E-state index in [-0.39, 0.29) is 22.9 Å². The highest BCUT2D eigenvalue weighted by atomic mass is 32.2. The van der Waals surface area contributed by atoms with Crippen molar-refractivity contribution in [3.63, 3.8) is 0 Å². The molecule has 0 aliphatic heterocycles. The minimum Gasteiger partial charge on any atom is -0.497 e. The lowest BCUT2D eigenvalue weighted by Crippen LogP contribution is -2.34. The number of nitrogens with two attached hydrogens (primary N) is 1. The molecule has 0 atom stereocenters. The smallest absolute Gasteiger partial charge is 0.319 e. The average Bonchev–Trinajstić information content (AvgIpc) is 2.61. The summed E-state index contributed by atoms with van der Waals surface area (Å²) in [5.41, 5.74) is 0.698. The van der Waals surface area contributed by atoms with E-state index in [0.29, 0.717) is 11.4 Å². The Morgan fingerprint density at radius 2 is 1.54 bits per heavy atom. The lowest BCUT2D eigenvalue weighted by atomic mass is 10.3. The van der Waals surface area contributed by atoms with Crippen LogP contribution in [-0.2, 0) is 20.0 Å². The molecule has 0 fully saturated rings. The molecular formula is C16H20N4O6S2. The number of hydrogen-bond donors (Lipinski definition) is 4. The standard InChI is InChI=1S/C16H20N4O6S2/c1-26-14-6-2-12(3-7-14)19-16(21)18-10-11-27(22,23)20-13-4-8-15(9-5-13)28(17,24)25/h2-9,20H,10-11H2,1H3,(H2,17,24,25)(H2,18,19,21). The number of rotatable bonds is 8. The van der Waals surface area contributed by atoms with Crippen molar-refractivity contribution in [1.29, 1.82) is 0 Å². The summed E-state index contributed by atoms with van der Waals surface area (Å²) < 4.78 is 53.8. The van der Waals surface area contributed by atoms with Crippen molar-refractivity contribution in [1.82, 2.24) is 5.32 Å². The Morgan fingerprint density at radius 3 is 2.07 bits per heavy atom. The summed E-state index contributed by atoms with van der Waals surface area (Å²) in [6.45, 7) is -0.132. The molecule has 0 aromatic heterocycles. The molecule has 0 bridgehead atoms. The molecule has 0 saturated carbocycles. The highest BCUT2D eigenvalue weighted by molar-refractivity contribution is 7.92. The maximum atomic E-state index is 12.1. The van der Waals surface area contributed by atoms with Crippen LogP contribution < -0.4 is 25.2 Å². The van der Waals surface area contributed by atoms with E-state index >= 15 is 0 Å². The van der Waals surface area contributed by atoms with Gasteiger partial charge in [-0.3, -0.25) is 4.72 Å². The largest absolute Gasteiger partial charge is 0.497 e. The fraction of sp³-hybridized carbons (Fsp3) is 0.188. The van der Waals surface area contributed by atoms with Gasteiger partial charge in [0.25, 0.3) is 0 Å². The third kappa shape index (κ3) is 6.72. The van der Waals surface area contributed by atoms with Crippen LogP contribution in [0.1, 0.15) is 0 Å². The van der Waals surface area contributed by atoms with Gasteiger partial charge in [0.1, 0.15) is 5.75 Å². The Hall–Kier alpha value is -2.83. The molecule has 0 saturated heterocycles. The van der Waals surface area contributed by atoms with Crippen LogP contribution in [0.5, 0.6) is 5.75 Å². The van der Waals surface area contributed by atoms with Crippen molar-refractivity contribution in [2.24, 2.45) is 5.14 Å². The second kappa shape index (κ2) is 8.91. The van der Waals surface area contributed by atoms with Crippen LogP contribution in [0.15, 0.2) is 53.4 Å². The maximum Gasteiger partial charge on any atom is 0.319 e. The number of anilines is 2. The van der Waals surface area contributed by atoms with Crippen molar-refractivity contribution in [2.45, 2.75) is 4.90 Å². The summed E-state index contributed by atoms with van der Waals surface area (Å²) in [6.07, 6.45) is 0. The quantitative estimate of drug-likeness (QED) is 0.489. The zero-order chi connectivity index (χ0) is 20.8. The third-order valence-corrected chi connectivity index (χ3v) is 5.68. The number of hydrogen-bond acceptors (Lipinski definition) is 6. The van der Waals surface area contributed by atoms with Gasteiger partial charge < -0.3 is 15.4 Å². The maximum absolute atomic E-state index is 12.1. The summed E-state index contributed by atoms with van der Waals surface area (Å²) >= 11 is 0. The Labute approximate surface area is 163 Å². The van der Waals surface area contributed by atoms with Crippen LogP contribution in [0, 0.1) is 0 Å². The minimum atomic E-state index is -3.86. The Bertz CT molecular complexity index is 1020. The Morgan fingerprint density at radius 1 is 0.964 bits per heavy atom. The van der Waals surface area contributed by atoms with E-state index in [1.807, 2.05) is 0 Å². The van der Waals surface area contributed by atoms with Crippen molar-refractivity contribution in [3.05, 3.63) is 48.5 Å². The lowest BCUT2D eigenvalue weighted by molar-refractivity contribution is 0.252. The Kier molecular flexibility index (Phi) is 6.83. The molecule has 0 heterocycles. The molecule has 12 heteroatoms. The molecule has 0 aliphatic carbocycles. The molecule has 2 amide bonds. The molecule has 0 aliphatic rings. The van der Waals surface area contributed by atoms with Gasteiger partial charge in [0.2, 0.25) is 20.0 Å². The van der Waals surface area contributed by atoms with Crippen LogP contribution in [0.3, 0.4) is 0 Å². The zero-order valence-corrected chi connectivity index (χ0v) is 16.5. The van der Waals surface area contributed by atoms with E-state index in [2.05, 4.69) is 15.4 Å². The zero-order valence-electron chi connectivity index (χ0n) is 14.9. The minimum absolute atomic E-state index is 0.132. The Balaban J connectivity index is 1.83. The van der Waals surface area contributed by atoms with Gasteiger partial charge in [0.05, 0.1) is 17.8 Å². The number of primary sulfonamides is 1. The van der Waals surface area contributed by atoms with E-state index in [9.17, 15) is 21.6 Å². The van der Waals surface area contributed by atoms with Gasteiger partial charge in [-0.15, -0.1) is 0 Å². The van der Waals surface area contributed by atoms with E-state index in [4.69, 9.17) is 9.88 Å². The van der Waals surface area contributed by atoms with Crippen LogP contribution in [0.4, 0.5) is 16.2 Å². The normalized spacial score (nSPS) is 11.5. The number of benzene rings is 2. The van der Waals surface area contributed by atoms with Crippen molar-refractivity contribution < 1.29 is 26.4 Å². The van der Waals surface area contributed by atoms with Crippen molar-refractivity contribution in [3.8, 4) is 5.75 Å². The number of carbonyl (C=O) groups excluding carboxylic acids is 1. The first-order valence-electron chi connectivity index (χ1n) is 7.91. The van der Waals surface area contributed by atoms with Crippen LogP contribution in [0.2, 0.25) is 0 Å². The second-order valence-electron chi connectivity index (χ2n) is 5.60. The highest BCUT2D eigenvalue weighted by Crippen LogP contribution is 2.15. The molecule has 28 heavy (non-hydrogen) atoms. The second-order valence-corrected chi connectivity index (χ2v) is 9.00. The predicted molar refractivity (Wildman–Crippen MR) is 105 cm³/mol. The predicted octanol–water partition coefficient (Wildman–Crippen LogP) is 0.906. The molecule has 0 unspecified atom stereocenters. The van der Waals surface area contributed by atoms with Gasteiger partial charge in [0.15, 0.2) is 0 Å². The topological polar surface area (TPSA) is 157 Å². The monoisotopic (exact) mass is 428 g/mol. The molecule has 0 radical (unpaired) electrons. The number of methoxy groups -OCH3 is 1. The fourth-order valence-corrected chi connectivity index (χ4v) is 3.58. The molecular weight excluding hydrogens is 408 g/mol. The van der Waals surface area contributed by atoms with Crippen molar-refractivity contribution in [2.75, 3.05) is 29.4 Å². The fourth-order valence-electron chi connectivity index (χ4n) is 2.09. The van der Waals surface area contributed by atoms with Gasteiger partial charge >= 0.3 is 6.03 Å². The first-order chi connectivity index (χ1) is 13.1. The molecule has 2 aromatic rings. The molecule has 5 N–H and O–H groups in total. The van der Waals surface area contributed by atoms with Crippen LogP contribution >= 0.6 is 0 Å². The summed E-state index contributed by atoms with van der Waals surface area (Å²) in [5, 5.41) is 9.97. The molecule has 2 rings (SSSR count). The summed E-state index contributed by atoms with van der Waals surface area (Å²) in [5.74, 6) is 0.264. The van der Waals surface area contributed by atoms with E-state index in [0.717, 1.165) is 0 Å². The van der Waals surface area contributed by atoms with Gasteiger partial charge in [-0.05, 0) is 48.5 Å². The average molecular weight is 428 g/mol. The van der Waals surface area contributed by atoms with Crippen molar-refractivity contribution >= 4 is 37.5 Å². The lowest BCUT2D eigenvalue weighted by Gasteiger charge is -2.10. The van der Waals surface area contributed by atoms with Crippen LogP contribution in [0.25, 0.3) is 0 Å². The molecule has 152 valence electrons. The molecule has 0 spiro atoms. The van der Waals surface area contributed by atoms with Gasteiger partial charge in [-0.25, -0.2) is 26.8 Å². The van der Waals surface area contributed by atoms with Gasteiger partial charge in [-0.2, -0.15) is 0 Å². The van der Waals surface area contributed by atoms with Crippen LogP contribution in [-0.4, -0.2) is 42.3 Å². The summed E-state index contributed by atoms with van der Waals surface area (Å²) in [4.78, 5) is 11.7. The van der Waals surface area contributed by atoms with Gasteiger partial charge in [-0.1, -0.05) is 0 Å². The van der Waals surface area contributed by atoms with Gasteiger partial charge in [0, 0.05) is 17.9 Å². The molecule has 10 nitrogen and oxygen atoms in total. The number of nitrogens with one attached hydrogen (secondary N) is 3.